The average molecular weight is 421 g/mol. The van der Waals surface area contributed by atoms with Crippen LogP contribution in [0.25, 0.3) is 0 Å². The van der Waals surface area contributed by atoms with Gasteiger partial charge >= 0.3 is 6.03 Å². The van der Waals surface area contributed by atoms with Crippen molar-refractivity contribution in [1.29, 1.82) is 0 Å². The second-order valence-corrected chi connectivity index (χ2v) is 9.90. The molecule has 0 heterocycles. The molecule has 1 atom stereocenters. The standard InChI is InChI=1S/C22H30ClN3O3/c1-26(12-17-8-18(23)3-4-19(17)29-2)13-20(27)24-21(28)25-22-9-14-5-15(10-22)7-16(6-14)11-22/h3-4,8,14-16H,5-7,9-13H2,1-2H3,(H2,24,25,27,28)/p+1. The van der Waals surface area contributed by atoms with Crippen LogP contribution in [0.3, 0.4) is 0 Å². The molecule has 1 aromatic rings. The Labute approximate surface area is 177 Å². The summed E-state index contributed by atoms with van der Waals surface area (Å²) in [5.41, 5.74) is 0.842. The Morgan fingerprint density at radius 3 is 2.38 bits per heavy atom. The first-order valence-electron chi connectivity index (χ1n) is 10.6. The molecule has 0 radical (unpaired) electrons. The lowest BCUT2D eigenvalue weighted by atomic mass is 9.53. The second-order valence-electron chi connectivity index (χ2n) is 9.47. The predicted octanol–water partition coefficient (Wildman–Crippen LogP) is 2.16. The van der Waals surface area contributed by atoms with Crippen molar-refractivity contribution in [3.8, 4) is 5.75 Å². The molecule has 4 aliphatic rings. The Balaban J connectivity index is 1.28. The van der Waals surface area contributed by atoms with Crippen LogP contribution in [0, 0.1) is 17.8 Å². The molecule has 29 heavy (non-hydrogen) atoms. The number of likely N-dealkylation sites (N-methyl/N-ethyl adjacent to an activating group) is 1. The third-order valence-corrected chi connectivity index (χ3v) is 7.10. The molecule has 0 aliphatic heterocycles. The molecule has 5 rings (SSSR count). The van der Waals surface area contributed by atoms with Crippen LogP contribution in [0.1, 0.15) is 44.1 Å². The molecule has 7 heteroatoms. The summed E-state index contributed by atoms with van der Waals surface area (Å²) < 4.78 is 5.37. The number of hydrogen-bond donors (Lipinski definition) is 3. The van der Waals surface area contributed by atoms with E-state index in [9.17, 15) is 9.59 Å². The summed E-state index contributed by atoms with van der Waals surface area (Å²) in [6.07, 6.45) is 7.18. The summed E-state index contributed by atoms with van der Waals surface area (Å²) in [6.45, 7) is 0.776. The molecular formula is C22H31ClN3O3+. The number of quaternary nitrogens is 1. The highest BCUT2D eigenvalue weighted by Crippen LogP contribution is 2.55. The summed E-state index contributed by atoms with van der Waals surface area (Å²) in [5, 5.41) is 6.36. The second kappa shape index (κ2) is 8.15. The van der Waals surface area contributed by atoms with Gasteiger partial charge in [-0.3, -0.25) is 10.1 Å². The Morgan fingerprint density at radius 2 is 1.79 bits per heavy atom. The van der Waals surface area contributed by atoms with E-state index in [1.54, 1.807) is 13.2 Å². The number of methoxy groups -OCH3 is 1. The summed E-state index contributed by atoms with van der Waals surface area (Å²) >= 11 is 6.08. The zero-order chi connectivity index (χ0) is 20.6. The molecule has 6 nitrogen and oxygen atoms in total. The zero-order valence-corrected chi connectivity index (χ0v) is 18.0. The van der Waals surface area contributed by atoms with Crippen LogP contribution in [0.15, 0.2) is 18.2 Å². The molecule has 4 fully saturated rings. The van der Waals surface area contributed by atoms with Crippen molar-refractivity contribution < 1.29 is 19.2 Å². The Kier molecular flexibility index (Phi) is 5.76. The van der Waals surface area contributed by atoms with E-state index in [0.717, 1.165) is 53.2 Å². The largest absolute Gasteiger partial charge is 0.496 e. The summed E-state index contributed by atoms with van der Waals surface area (Å²) in [6, 6.07) is 5.11. The number of urea groups is 1. The minimum Gasteiger partial charge on any atom is -0.496 e. The third-order valence-electron chi connectivity index (χ3n) is 6.87. The summed E-state index contributed by atoms with van der Waals surface area (Å²) in [5.74, 6) is 2.72. The van der Waals surface area contributed by atoms with Gasteiger partial charge in [-0.15, -0.1) is 0 Å². The highest BCUT2D eigenvalue weighted by Gasteiger charge is 2.51. The summed E-state index contributed by atoms with van der Waals surface area (Å²) in [7, 11) is 3.53. The number of ether oxygens (including phenoxy) is 1. The zero-order valence-electron chi connectivity index (χ0n) is 17.2. The monoisotopic (exact) mass is 420 g/mol. The topological polar surface area (TPSA) is 71.9 Å². The fourth-order valence-corrected chi connectivity index (χ4v) is 6.45. The van der Waals surface area contributed by atoms with Gasteiger partial charge in [0.15, 0.2) is 6.54 Å². The number of imide groups is 1. The van der Waals surface area contributed by atoms with Gasteiger partial charge in [0, 0.05) is 16.1 Å². The fourth-order valence-electron chi connectivity index (χ4n) is 6.25. The van der Waals surface area contributed by atoms with Crippen LogP contribution in [-0.2, 0) is 11.3 Å². The number of amides is 3. The van der Waals surface area contributed by atoms with Crippen LogP contribution < -0.4 is 20.3 Å². The normalized spacial score (nSPS) is 30.7. The first-order chi connectivity index (χ1) is 13.8. The Morgan fingerprint density at radius 1 is 1.17 bits per heavy atom. The van der Waals surface area contributed by atoms with Crippen molar-refractivity contribution in [2.24, 2.45) is 17.8 Å². The number of carbonyl (C=O) groups excluding carboxylic acids is 2. The van der Waals surface area contributed by atoms with Crippen LogP contribution in [0.4, 0.5) is 4.79 Å². The molecule has 4 aliphatic carbocycles. The van der Waals surface area contributed by atoms with Gasteiger partial charge in [0.25, 0.3) is 5.91 Å². The molecule has 0 saturated heterocycles. The van der Waals surface area contributed by atoms with Crippen LogP contribution in [0.5, 0.6) is 5.75 Å². The molecule has 3 amide bonds. The van der Waals surface area contributed by atoms with E-state index in [-0.39, 0.29) is 24.0 Å². The average Bonchev–Trinajstić information content (AvgIpc) is 2.59. The highest BCUT2D eigenvalue weighted by atomic mass is 35.5. The van der Waals surface area contributed by atoms with Crippen molar-refractivity contribution in [2.45, 2.75) is 50.6 Å². The van der Waals surface area contributed by atoms with Gasteiger partial charge in [-0.2, -0.15) is 0 Å². The lowest BCUT2D eigenvalue weighted by Gasteiger charge is -2.56. The summed E-state index contributed by atoms with van der Waals surface area (Å²) in [4.78, 5) is 25.9. The predicted molar refractivity (Wildman–Crippen MR) is 111 cm³/mol. The Bertz CT molecular complexity index is 762. The van der Waals surface area contributed by atoms with Crippen molar-refractivity contribution >= 4 is 23.5 Å². The van der Waals surface area contributed by atoms with E-state index in [1.807, 2.05) is 19.2 Å². The smallest absolute Gasteiger partial charge is 0.322 e. The van der Waals surface area contributed by atoms with E-state index in [0.29, 0.717) is 11.6 Å². The number of hydrogen-bond acceptors (Lipinski definition) is 3. The minimum absolute atomic E-state index is 0.0912. The first-order valence-corrected chi connectivity index (χ1v) is 11.0. The number of benzene rings is 1. The minimum atomic E-state index is -0.343. The van der Waals surface area contributed by atoms with Crippen LogP contribution >= 0.6 is 11.6 Å². The number of nitrogens with one attached hydrogen (secondary N) is 3. The van der Waals surface area contributed by atoms with Gasteiger partial charge in [0.1, 0.15) is 12.3 Å². The lowest BCUT2D eigenvalue weighted by molar-refractivity contribution is -0.885. The van der Waals surface area contributed by atoms with Crippen LogP contribution in [0.2, 0.25) is 5.02 Å². The van der Waals surface area contributed by atoms with Gasteiger partial charge in [0.2, 0.25) is 0 Å². The number of rotatable bonds is 6. The quantitative estimate of drug-likeness (QED) is 0.660. The maximum Gasteiger partial charge on any atom is 0.322 e. The molecule has 3 N–H and O–H groups in total. The molecule has 158 valence electrons. The highest BCUT2D eigenvalue weighted by molar-refractivity contribution is 6.30. The maximum atomic E-state index is 12.5. The van der Waals surface area contributed by atoms with E-state index in [2.05, 4.69) is 10.6 Å². The number of halogens is 1. The van der Waals surface area contributed by atoms with Crippen LogP contribution in [-0.4, -0.2) is 38.2 Å². The van der Waals surface area contributed by atoms with Gasteiger partial charge < -0.3 is 15.0 Å². The SMILES string of the molecule is COc1ccc(Cl)cc1C[NH+](C)CC(=O)NC(=O)NC12CC3CC(CC(C3)C1)C2. The van der Waals surface area contributed by atoms with Crippen molar-refractivity contribution in [1.82, 2.24) is 10.6 Å². The van der Waals surface area contributed by atoms with Gasteiger partial charge in [-0.25, -0.2) is 4.79 Å². The van der Waals surface area contributed by atoms with E-state index in [1.165, 1.54) is 19.3 Å². The van der Waals surface area contributed by atoms with Gasteiger partial charge in [0.05, 0.1) is 14.2 Å². The molecule has 4 saturated carbocycles. The van der Waals surface area contributed by atoms with Crippen molar-refractivity contribution in [3.63, 3.8) is 0 Å². The maximum absolute atomic E-state index is 12.5. The Hall–Kier alpha value is -1.79. The molecule has 0 spiro atoms. The van der Waals surface area contributed by atoms with E-state index in [4.69, 9.17) is 16.3 Å². The lowest BCUT2D eigenvalue weighted by Crippen LogP contribution is -3.09. The number of carbonyl (C=O) groups is 2. The molecule has 1 unspecified atom stereocenters. The molecule has 0 aromatic heterocycles. The van der Waals surface area contributed by atoms with E-state index < -0.39 is 0 Å². The van der Waals surface area contributed by atoms with Gasteiger partial charge in [-0.1, -0.05) is 11.6 Å². The third kappa shape index (κ3) is 4.69. The molecule has 4 bridgehead atoms. The fraction of sp³-hybridized carbons (Fsp3) is 0.636. The van der Waals surface area contributed by atoms with Crippen molar-refractivity contribution in [3.05, 3.63) is 28.8 Å². The molecular weight excluding hydrogens is 390 g/mol. The first kappa shape index (κ1) is 20.5. The molecule has 1 aromatic carbocycles. The van der Waals surface area contributed by atoms with Crippen molar-refractivity contribution in [2.75, 3.05) is 20.7 Å². The van der Waals surface area contributed by atoms with Gasteiger partial charge in [-0.05, 0) is 74.5 Å². The van der Waals surface area contributed by atoms with E-state index >= 15 is 0 Å².